The number of aromatic nitrogens is 1. The number of aliphatic carboxylic acids is 1. The maximum Gasteiger partial charge on any atom is 0.323 e. The lowest BCUT2D eigenvalue weighted by Gasteiger charge is -2.16. The van der Waals surface area contributed by atoms with E-state index in [4.69, 9.17) is 20.5 Å². The summed E-state index contributed by atoms with van der Waals surface area (Å²) in [5.41, 5.74) is 7.46. The number of nitrogens with two attached hydrogens (primary N) is 1. The molecule has 0 fully saturated rings. The van der Waals surface area contributed by atoms with Crippen molar-refractivity contribution >= 4 is 33.4 Å². The summed E-state index contributed by atoms with van der Waals surface area (Å²) in [7, 11) is -4.24. The van der Waals surface area contributed by atoms with Crippen molar-refractivity contribution in [3.8, 4) is 0 Å². The third-order valence-electron chi connectivity index (χ3n) is 5.01. The summed E-state index contributed by atoms with van der Waals surface area (Å²) in [6.45, 7) is 2.32. The molecular weight excluding hydrogens is 468 g/mol. The molecule has 2 atom stereocenters. The standard InChI is InChI=1S/C20H24N6O7S/c1-10-18(11(2)32-24-10)34(30,31)26-16(20(28)29)9-23-17(27)8-14-7-15(25-33-14)12-3-5-13(6-4-12)19(21)22/h3-6,14,16,26H,7-9H2,1-2H3,(H3,21,22)(H,23,27)(H,28,29)/t14-,16+/m0/s1. The smallest absolute Gasteiger partial charge is 0.323 e. The molecule has 1 aliphatic heterocycles. The lowest BCUT2D eigenvalue weighted by molar-refractivity contribution is -0.139. The molecule has 2 heterocycles. The summed E-state index contributed by atoms with van der Waals surface area (Å²) in [5, 5.41) is 26.8. The Labute approximate surface area is 194 Å². The van der Waals surface area contributed by atoms with Crippen LogP contribution in [0.2, 0.25) is 0 Å². The first-order chi connectivity index (χ1) is 16.0. The van der Waals surface area contributed by atoms with Gasteiger partial charge in [0.25, 0.3) is 0 Å². The SMILES string of the molecule is Cc1noc(C)c1S(=O)(=O)N[C@H](CNC(=O)C[C@@H]1CC(c2ccc(C(=N)N)cc2)=NO1)C(=O)O. The van der Waals surface area contributed by atoms with Gasteiger partial charge in [-0.15, -0.1) is 0 Å². The van der Waals surface area contributed by atoms with E-state index in [0.29, 0.717) is 17.7 Å². The fraction of sp³-hybridized carbons (Fsp3) is 0.350. The van der Waals surface area contributed by atoms with Crippen LogP contribution in [0.25, 0.3) is 0 Å². The van der Waals surface area contributed by atoms with Gasteiger partial charge in [0.2, 0.25) is 15.9 Å². The van der Waals surface area contributed by atoms with Crippen molar-refractivity contribution < 1.29 is 32.5 Å². The molecule has 6 N–H and O–H groups in total. The molecule has 0 saturated carbocycles. The zero-order valence-corrected chi connectivity index (χ0v) is 19.2. The van der Waals surface area contributed by atoms with Crippen LogP contribution in [0.5, 0.6) is 0 Å². The highest BCUT2D eigenvalue weighted by Crippen LogP contribution is 2.20. The highest BCUT2D eigenvalue weighted by atomic mass is 32.2. The molecule has 1 aromatic heterocycles. The Morgan fingerprint density at radius 2 is 1.97 bits per heavy atom. The number of carboxylic acid groups (broad SMARTS) is 1. The molecule has 13 nitrogen and oxygen atoms in total. The van der Waals surface area contributed by atoms with E-state index in [0.717, 1.165) is 5.56 Å². The monoisotopic (exact) mass is 492 g/mol. The molecule has 0 radical (unpaired) electrons. The van der Waals surface area contributed by atoms with E-state index in [2.05, 4.69) is 15.6 Å². The van der Waals surface area contributed by atoms with Crippen LogP contribution in [0.15, 0.2) is 38.8 Å². The highest BCUT2D eigenvalue weighted by Gasteiger charge is 2.31. The zero-order valence-electron chi connectivity index (χ0n) is 18.4. The van der Waals surface area contributed by atoms with Crippen LogP contribution in [0.3, 0.4) is 0 Å². The summed E-state index contributed by atoms with van der Waals surface area (Å²) in [6, 6.07) is 5.22. The first kappa shape index (κ1) is 24.9. The van der Waals surface area contributed by atoms with Gasteiger partial charge in [-0.05, 0) is 19.4 Å². The lowest BCUT2D eigenvalue weighted by atomic mass is 10.0. The van der Waals surface area contributed by atoms with Crippen molar-refractivity contribution in [2.24, 2.45) is 10.9 Å². The average Bonchev–Trinajstić information content (AvgIpc) is 3.37. The van der Waals surface area contributed by atoms with Crippen molar-refractivity contribution in [2.45, 2.75) is 43.7 Å². The molecule has 3 rings (SSSR count). The van der Waals surface area contributed by atoms with Gasteiger partial charge >= 0.3 is 5.97 Å². The number of rotatable bonds is 10. The number of amides is 1. The quantitative estimate of drug-likeness (QED) is 0.223. The predicted octanol–water partition coefficient (Wildman–Crippen LogP) is 0.00651. The van der Waals surface area contributed by atoms with E-state index in [1.807, 2.05) is 4.72 Å². The van der Waals surface area contributed by atoms with Gasteiger partial charge in [-0.25, -0.2) is 8.42 Å². The molecule has 14 heteroatoms. The minimum absolute atomic E-state index is 0.0169. The van der Waals surface area contributed by atoms with Crippen molar-refractivity contribution in [2.75, 3.05) is 6.54 Å². The van der Waals surface area contributed by atoms with Crippen molar-refractivity contribution in [1.82, 2.24) is 15.2 Å². The van der Waals surface area contributed by atoms with Crippen LogP contribution in [0, 0.1) is 19.3 Å². The van der Waals surface area contributed by atoms with E-state index in [-0.39, 0.29) is 28.6 Å². The third-order valence-corrected chi connectivity index (χ3v) is 6.73. The minimum atomic E-state index is -4.24. The summed E-state index contributed by atoms with van der Waals surface area (Å²) < 4.78 is 32.0. The maximum absolute atomic E-state index is 12.6. The number of nitrogens with one attached hydrogen (secondary N) is 3. The second kappa shape index (κ2) is 10.0. The highest BCUT2D eigenvalue weighted by molar-refractivity contribution is 7.89. The Morgan fingerprint density at radius 3 is 2.53 bits per heavy atom. The molecule has 0 unspecified atom stereocenters. The molecule has 34 heavy (non-hydrogen) atoms. The number of hydrogen-bond donors (Lipinski definition) is 5. The number of carboxylic acids is 1. The number of carbonyl (C=O) groups excluding carboxylic acids is 1. The summed E-state index contributed by atoms with van der Waals surface area (Å²) >= 11 is 0. The molecule has 182 valence electrons. The fourth-order valence-corrected chi connectivity index (χ4v) is 4.85. The Hall–Kier alpha value is -3.78. The number of aryl methyl sites for hydroxylation is 2. The molecule has 1 aliphatic rings. The number of sulfonamides is 1. The largest absolute Gasteiger partial charge is 0.480 e. The fourth-order valence-electron chi connectivity index (χ4n) is 3.33. The van der Waals surface area contributed by atoms with Gasteiger partial charge < -0.3 is 25.5 Å². The van der Waals surface area contributed by atoms with Gasteiger partial charge in [-0.1, -0.05) is 34.6 Å². The van der Waals surface area contributed by atoms with E-state index >= 15 is 0 Å². The van der Waals surface area contributed by atoms with E-state index < -0.39 is 40.6 Å². The molecule has 1 amide bonds. The number of nitrogens with zero attached hydrogens (tertiary/aromatic N) is 2. The Morgan fingerprint density at radius 1 is 1.29 bits per heavy atom. The predicted molar refractivity (Wildman–Crippen MR) is 119 cm³/mol. The normalized spacial score (nSPS) is 16.4. The Bertz CT molecular complexity index is 1220. The van der Waals surface area contributed by atoms with Crippen LogP contribution in [0.4, 0.5) is 0 Å². The van der Waals surface area contributed by atoms with Crippen LogP contribution >= 0.6 is 0 Å². The molecule has 2 aromatic rings. The molecule has 0 bridgehead atoms. The number of carbonyl (C=O) groups is 2. The van der Waals surface area contributed by atoms with Crippen molar-refractivity contribution in [1.29, 1.82) is 5.41 Å². The van der Waals surface area contributed by atoms with Gasteiger partial charge in [0.1, 0.15) is 28.6 Å². The number of benzene rings is 1. The van der Waals surface area contributed by atoms with E-state index in [1.54, 1.807) is 24.3 Å². The summed E-state index contributed by atoms with van der Waals surface area (Å²) in [5.74, 6) is -2.04. The third kappa shape index (κ3) is 5.77. The van der Waals surface area contributed by atoms with Gasteiger partial charge in [-0.2, -0.15) is 4.72 Å². The number of amidine groups is 1. The molecule has 0 spiro atoms. The van der Waals surface area contributed by atoms with Crippen LogP contribution < -0.4 is 15.8 Å². The van der Waals surface area contributed by atoms with Crippen LogP contribution in [0.1, 0.15) is 35.4 Å². The summed E-state index contributed by atoms with van der Waals surface area (Å²) in [4.78, 5) is 28.9. The number of hydrogen-bond acceptors (Lipinski definition) is 9. The number of nitrogen functional groups attached to an aromatic ring is 1. The maximum atomic E-state index is 12.6. The second-order valence-corrected chi connectivity index (χ2v) is 9.28. The first-order valence-electron chi connectivity index (χ1n) is 10.1. The topological polar surface area (TPSA) is 210 Å². The Balaban J connectivity index is 1.53. The summed E-state index contributed by atoms with van der Waals surface area (Å²) in [6.07, 6.45) is -0.334. The molecule has 0 saturated heterocycles. The zero-order chi connectivity index (χ0) is 25.0. The van der Waals surface area contributed by atoms with E-state index in [1.165, 1.54) is 13.8 Å². The van der Waals surface area contributed by atoms with Crippen molar-refractivity contribution in [3.05, 3.63) is 46.8 Å². The van der Waals surface area contributed by atoms with Gasteiger partial charge in [0.05, 0.1) is 12.1 Å². The second-order valence-electron chi connectivity index (χ2n) is 7.63. The molecular formula is C20H24N6O7S. The molecule has 1 aromatic carbocycles. The first-order valence-corrected chi connectivity index (χ1v) is 11.6. The van der Waals surface area contributed by atoms with Crippen molar-refractivity contribution in [3.63, 3.8) is 0 Å². The van der Waals surface area contributed by atoms with Gasteiger partial charge in [-0.3, -0.25) is 15.0 Å². The van der Waals surface area contributed by atoms with E-state index in [9.17, 15) is 23.1 Å². The van der Waals surface area contributed by atoms with Crippen LogP contribution in [-0.2, 0) is 24.4 Å². The number of oxime groups is 1. The average molecular weight is 493 g/mol. The van der Waals surface area contributed by atoms with Crippen LogP contribution in [-0.4, -0.2) is 60.8 Å². The minimum Gasteiger partial charge on any atom is -0.480 e. The lowest BCUT2D eigenvalue weighted by Crippen LogP contribution is -2.48. The van der Waals surface area contributed by atoms with Gasteiger partial charge in [0.15, 0.2) is 5.76 Å². The Kier molecular flexibility index (Phi) is 7.32. The van der Waals surface area contributed by atoms with Gasteiger partial charge in [0, 0.05) is 18.5 Å². The molecule has 0 aliphatic carbocycles.